The van der Waals surface area contributed by atoms with Gasteiger partial charge in [0.05, 0.1) is 23.2 Å². The number of halogens is 3. The number of ketones is 1. The highest BCUT2D eigenvalue weighted by atomic mass is 35.5. The van der Waals surface area contributed by atoms with Gasteiger partial charge in [0.2, 0.25) is 11.8 Å². The molecule has 2 heterocycles. The molecular formula is C25H21ClF2N4O3. The molecule has 1 fully saturated rings. The standard InChI is InChI=1S/C25H21ClF2N4O3/c1-14(33)19-12-31(21-5-3-2-4-18(19)21)13-23(34)32-11-17(27)8-22(32)25(35)30-10-16-6-15(9-29)7-20(26)24(16)28/h2-7,12,17,22H,8,10-11,13H2,1H3,(H,30,35)/t17-,22+/m1/s1. The third-order valence-electron chi connectivity index (χ3n) is 6.03. The average molecular weight is 499 g/mol. The first-order valence-electron chi connectivity index (χ1n) is 10.9. The normalized spacial score (nSPS) is 17.4. The van der Waals surface area contributed by atoms with Crippen LogP contribution in [0.15, 0.2) is 42.6 Å². The molecule has 0 saturated carbocycles. The average Bonchev–Trinajstić information content (AvgIpc) is 3.41. The fourth-order valence-electron chi connectivity index (χ4n) is 4.34. The molecule has 10 heteroatoms. The number of aromatic nitrogens is 1. The number of rotatable bonds is 6. The van der Waals surface area contributed by atoms with Crippen molar-refractivity contribution >= 4 is 40.1 Å². The zero-order valence-corrected chi connectivity index (χ0v) is 19.5. The van der Waals surface area contributed by atoms with Crippen molar-refractivity contribution in [3.63, 3.8) is 0 Å². The maximum atomic E-state index is 14.3. The first-order chi connectivity index (χ1) is 16.7. The highest BCUT2D eigenvalue weighted by Gasteiger charge is 2.39. The van der Waals surface area contributed by atoms with Gasteiger partial charge < -0.3 is 14.8 Å². The van der Waals surface area contributed by atoms with Gasteiger partial charge in [-0.3, -0.25) is 14.4 Å². The van der Waals surface area contributed by atoms with Gasteiger partial charge in [0, 0.05) is 41.2 Å². The Labute approximate surface area is 204 Å². The lowest BCUT2D eigenvalue weighted by atomic mass is 10.1. The Hall–Kier alpha value is -3.77. The number of benzene rings is 2. The van der Waals surface area contributed by atoms with E-state index in [0.29, 0.717) is 16.5 Å². The molecule has 2 amide bonds. The van der Waals surface area contributed by atoms with E-state index in [2.05, 4.69) is 5.32 Å². The number of alkyl halides is 1. The second-order valence-corrected chi connectivity index (χ2v) is 8.81. The van der Waals surface area contributed by atoms with Crippen LogP contribution in [0.25, 0.3) is 10.9 Å². The minimum absolute atomic E-state index is 0.00523. The van der Waals surface area contributed by atoms with Gasteiger partial charge >= 0.3 is 0 Å². The molecule has 0 bridgehead atoms. The van der Waals surface area contributed by atoms with Crippen LogP contribution in [-0.2, 0) is 22.7 Å². The number of Topliss-reactive ketones (excluding diaryl/α,β-unsaturated/α-hetero) is 1. The molecule has 4 rings (SSSR count). The van der Waals surface area contributed by atoms with Crippen LogP contribution in [0.2, 0.25) is 5.02 Å². The molecule has 1 aliphatic heterocycles. The van der Waals surface area contributed by atoms with E-state index in [0.717, 1.165) is 4.90 Å². The van der Waals surface area contributed by atoms with Crippen LogP contribution >= 0.6 is 11.6 Å². The van der Waals surface area contributed by atoms with E-state index in [1.165, 1.54) is 19.1 Å². The number of hydrogen-bond donors (Lipinski definition) is 1. The number of carbonyl (C=O) groups is 3. The fourth-order valence-corrected chi connectivity index (χ4v) is 4.58. The molecule has 0 aliphatic carbocycles. The summed E-state index contributed by atoms with van der Waals surface area (Å²) in [4.78, 5) is 39.1. The topological polar surface area (TPSA) is 95.2 Å². The van der Waals surface area contributed by atoms with Gasteiger partial charge in [0.25, 0.3) is 0 Å². The molecule has 1 aromatic heterocycles. The van der Waals surface area contributed by atoms with Crippen molar-refractivity contribution in [2.45, 2.75) is 38.6 Å². The SMILES string of the molecule is CC(=O)c1cn(CC(=O)N2C[C@H](F)C[C@H]2C(=O)NCc2cc(C#N)cc(Cl)c2F)c2ccccc12. The van der Waals surface area contributed by atoms with Crippen molar-refractivity contribution in [3.05, 3.63) is 70.1 Å². The maximum absolute atomic E-state index is 14.3. The predicted molar refractivity (Wildman–Crippen MR) is 125 cm³/mol. The highest BCUT2D eigenvalue weighted by Crippen LogP contribution is 2.25. The minimum atomic E-state index is -1.39. The van der Waals surface area contributed by atoms with Crippen molar-refractivity contribution in [1.82, 2.24) is 14.8 Å². The highest BCUT2D eigenvalue weighted by molar-refractivity contribution is 6.30. The Morgan fingerprint density at radius 2 is 2.00 bits per heavy atom. The van der Waals surface area contributed by atoms with E-state index in [-0.39, 0.29) is 48.0 Å². The lowest BCUT2D eigenvalue weighted by Gasteiger charge is -2.24. The summed E-state index contributed by atoms with van der Waals surface area (Å²) in [7, 11) is 0. The van der Waals surface area contributed by atoms with Crippen LogP contribution in [0.3, 0.4) is 0 Å². The van der Waals surface area contributed by atoms with Crippen LogP contribution in [0.5, 0.6) is 0 Å². The Kier molecular flexibility index (Phi) is 6.85. The Morgan fingerprint density at radius 1 is 1.26 bits per heavy atom. The molecule has 0 spiro atoms. The van der Waals surface area contributed by atoms with Gasteiger partial charge in [0.15, 0.2) is 5.78 Å². The number of amides is 2. The van der Waals surface area contributed by atoms with Crippen molar-refractivity contribution in [2.24, 2.45) is 0 Å². The van der Waals surface area contributed by atoms with Crippen LogP contribution in [0.1, 0.15) is 34.8 Å². The first kappa shape index (κ1) is 24.4. The van der Waals surface area contributed by atoms with Gasteiger partial charge in [0.1, 0.15) is 24.6 Å². The van der Waals surface area contributed by atoms with E-state index in [1.54, 1.807) is 35.0 Å². The van der Waals surface area contributed by atoms with Gasteiger partial charge in [-0.15, -0.1) is 0 Å². The summed E-state index contributed by atoms with van der Waals surface area (Å²) in [5, 5.41) is 12.0. The number of hydrogen-bond acceptors (Lipinski definition) is 4. The number of nitriles is 1. The summed E-state index contributed by atoms with van der Waals surface area (Å²) in [6, 6.07) is 10.3. The van der Waals surface area contributed by atoms with Crippen molar-refractivity contribution in [3.8, 4) is 6.07 Å². The summed E-state index contributed by atoms with van der Waals surface area (Å²) in [6.45, 7) is 0.725. The molecule has 1 N–H and O–H groups in total. The summed E-state index contributed by atoms with van der Waals surface area (Å²) in [5.41, 5.74) is 1.28. The minimum Gasteiger partial charge on any atom is -0.350 e. The zero-order chi connectivity index (χ0) is 25.3. The first-order valence-corrected chi connectivity index (χ1v) is 11.3. The number of nitrogens with zero attached hydrogens (tertiary/aromatic N) is 3. The van der Waals surface area contributed by atoms with Crippen molar-refractivity contribution in [1.29, 1.82) is 5.26 Å². The van der Waals surface area contributed by atoms with E-state index in [9.17, 15) is 23.2 Å². The Balaban J connectivity index is 1.51. The molecule has 1 aliphatic rings. The second kappa shape index (κ2) is 9.84. The van der Waals surface area contributed by atoms with Crippen LogP contribution in [-0.4, -0.2) is 45.8 Å². The second-order valence-electron chi connectivity index (χ2n) is 8.40. The predicted octanol–water partition coefficient (Wildman–Crippen LogP) is 3.76. The smallest absolute Gasteiger partial charge is 0.243 e. The molecule has 35 heavy (non-hydrogen) atoms. The Morgan fingerprint density at radius 3 is 2.71 bits per heavy atom. The molecule has 7 nitrogen and oxygen atoms in total. The number of para-hydroxylation sites is 1. The van der Waals surface area contributed by atoms with Crippen LogP contribution in [0.4, 0.5) is 8.78 Å². The molecule has 2 aromatic carbocycles. The quantitative estimate of drug-likeness (QED) is 0.523. The van der Waals surface area contributed by atoms with E-state index in [4.69, 9.17) is 16.9 Å². The van der Waals surface area contributed by atoms with Gasteiger partial charge in [-0.1, -0.05) is 29.8 Å². The molecule has 0 radical (unpaired) electrons. The summed E-state index contributed by atoms with van der Waals surface area (Å²) in [6.07, 6.45) is -0.000959. The third-order valence-corrected chi connectivity index (χ3v) is 6.31. The monoisotopic (exact) mass is 498 g/mol. The number of likely N-dealkylation sites (tertiary alicyclic amines) is 1. The Bertz CT molecular complexity index is 1380. The summed E-state index contributed by atoms with van der Waals surface area (Å²) in [5.74, 6) is -2.04. The summed E-state index contributed by atoms with van der Waals surface area (Å²) < 4.78 is 30.2. The maximum Gasteiger partial charge on any atom is 0.243 e. The molecular weight excluding hydrogens is 478 g/mol. The molecule has 3 aromatic rings. The van der Waals surface area contributed by atoms with E-state index in [1.807, 2.05) is 6.07 Å². The number of fused-ring (bicyclic) bond motifs is 1. The molecule has 180 valence electrons. The van der Waals surface area contributed by atoms with Crippen LogP contribution < -0.4 is 5.32 Å². The largest absolute Gasteiger partial charge is 0.350 e. The van der Waals surface area contributed by atoms with Crippen molar-refractivity contribution in [2.75, 3.05) is 6.54 Å². The van der Waals surface area contributed by atoms with Gasteiger partial charge in [-0.05, 0) is 25.1 Å². The van der Waals surface area contributed by atoms with Gasteiger partial charge in [-0.25, -0.2) is 8.78 Å². The molecule has 0 unspecified atom stereocenters. The van der Waals surface area contributed by atoms with E-state index < -0.39 is 29.8 Å². The van der Waals surface area contributed by atoms with Crippen LogP contribution in [0, 0.1) is 17.1 Å². The fraction of sp³-hybridized carbons (Fsp3) is 0.280. The summed E-state index contributed by atoms with van der Waals surface area (Å²) >= 11 is 5.80. The van der Waals surface area contributed by atoms with Gasteiger partial charge in [-0.2, -0.15) is 5.26 Å². The lowest BCUT2D eigenvalue weighted by Crippen LogP contribution is -2.46. The molecule has 2 atom stereocenters. The molecule has 1 saturated heterocycles. The lowest BCUT2D eigenvalue weighted by molar-refractivity contribution is -0.139. The van der Waals surface area contributed by atoms with Crippen molar-refractivity contribution < 1.29 is 23.2 Å². The van der Waals surface area contributed by atoms with E-state index >= 15 is 0 Å². The number of nitrogens with one attached hydrogen (secondary N) is 1. The zero-order valence-electron chi connectivity index (χ0n) is 18.7. The third kappa shape index (κ3) is 4.88. The number of carbonyl (C=O) groups excluding carboxylic acids is 3.